The van der Waals surface area contributed by atoms with Crippen LogP contribution < -0.4 is 15.4 Å². The summed E-state index contributed by atoms with van der Waals surface area (Å²) in [5, 5.41) is 8.05. The summed E-state index contributed by atoms with van der Waals surface area (Å²) in [7, 11) is 1.60. The lowest BCUT2D eigenvalue weighted by Crippen LogP contribution is -2.18. The van der Waals surface area contributed by atoms with Crippen LogP contribution >= 0.6 is 0 Å². The van der Waals surface area contributed by atoms with Gasteiger partial charge in [-0.15, -0.1) is 0 Å². The Labute approximate surface area is 178 Å². The van der Waals surface area contributed by atoms with Crippen molar-refractivity contribution in [1.29, 1.82) is 0 Å². The molecule has 1 aromatic heterocycles. The second kappa shape index (κ2) is 10.9. The van der Waals surface area contributed by atoms with Crippen LogP contribution in [-0.2, 0) is 6.54 Å². The van der Waals surface area contributed by atoms with Crippen molar-refractivity contribution in [2.75, 3.05) is 25.5 Å². The van der Waals surface area contributed by atoms with Crippen LogP contribution in [0.4, 0.5) is 10.1 Å². The third-order valence-corrected chi connectivity index (χ3v) is 5.63. The van der Waals surface area contributed by atoms with Gasteiger partial charge in [-0.25, -0.2) is 4.39 Å². The number of fused-ring (bicyclic) bond motifs is 1. The van der Waals surface area contributed by atoms with Gasteiger partial charge < -0.3 is 15.4 Å². The summed E-state index contributed by atoms with van der Waals surface area (Å²) >= 11 is 0. The van der Waals surface area contributed by atoms with E-state index >= 15 is 0 Å². The van der Waals surface area contributed by atoms with Crippen molar-refractivity contribution >= 4 is 16.6 Å². The topological polar surface area (TPSA) is 46.2 Å². The molecule has 160 valence electrons. The highest BCUT2D eigenvalue weighted by Crippen LogP contribution is 2.28. The van der Waals surface area contributed by atoms with Crippen molar-refractivity contribution in [3.63, 3.8) is 0 Å². The van der Waals surface area contributed by atoms with E-state index in [2.05, 4.69) is 47.7 Å². The van der Waals surface area contributed by atoms with Gasteiger partial charge in [-0.1, -0.05) is 26.0 Å². The van der Waals surface area contributed by atoms with Gasteiger partial charge >= 0.3 is 0 Å². The van der Waals surface area contributed by atoms with E-state index in [1.54, 1.807) is 13.2 Å². The lowest BCUT2D eigenvalue weighted by molar-refractivity contribution is 0.406. The summed E-state index contributed by atoms with van der Waals surface area (Å²) in [6, 6.07) is 13.3. The fourth-order valence-corrected chi connectivity index (χ4v) is 3.88. The van der Waals surface area contributed by atoms with Gasteiger partial charge in [0.05, 0.1) is 12.6 Å². The van der Waals surface area contributed by atoms with Gasteiger partial charge in [-0.3, -0.25) is 4.98 Å². The lowest BCUT2D eigenvalue weighted by atomic mass is 9.93. The number of pyridine rings is 1. The van der Waals surface area contributed by atoms with E-state index in [0.29, 0.717) is 18.2 Å². The summed E-state index contributed by atoms with van der Waals surface area (Å²) in [5.74, 6) is 1.06. The van der Waals surface area contributed by atoms with Gasteiger partial charge in [0.15, 0.2) is 0 Å². The molecule has 0 aliphatic rings. The van der Waals surface area contributed by atoms with Crippen molar-refractivity contribution < 1.29 is 9.13 Å². The van der Waals surface area contributed by atoms with Crippen LogP contribution in [0, 0.1) is 5.82 Å². The Morgan fingerprint density at radius 1 is 1.03 bits per heavy atom. The number of ether oxygens (including phenoxy) is 1. The van der Waals surface area contributed by atoms with Crippen molar-refractivity contribution in [3.05, 3.63) is 65.6 Å². The molecule has 1 heterocycles. The molecule has 0 saturated carbocycles. The minimum Gasteiger partial charge on any atom is -0.496 e. The van der Waals surface area contributed by atoms with Crippen LogP contribution in [0.15, 0.2) is 48.7 Å². The summed E-state index contributed by atoms with van der Waals surface area (Å²) < 4.78 is 18.7. The minimum atomic E-state index is -0.244. The van der Waals surface area contributed by atoms with Crippen LogP contribution in [0.1, 0.15) is 50.2 Å². The van der Waals surface area contributed by atoms with Crippen LogP contribution in [0.25, 0.3) is 10.9 Å². The summed E-state index contributed by atoms with van der Waals surface area (Å²) in [6.07, 6.45) is 5.12. The van der Waals surface area contributed by atoms with Gasteiger partial charge in [0.25, 0.3) is 0 Å². The van der Waals surface area contributed by atoms with E-state index in [-0.39, 0.29) is 5.82 Å². The first-order chi connectivity index (χ1) is 14.7. The molecule has 0 unspecified atom stereocenters. The molecule has 0 bridgehead atoms. The van der Waals surface area contributed by atoms with Crippen LogP contribution in [0.3, 0.4) is 0 Å². The largest absolute Gasteiger partial charge is 0.496 e. The van der Waals surface area contributed by atoms with Gasteiger partial charge in [0, 0.05) is 35.9 Å². The molecule has 30 heavy (non-hydrogen) atoms. The fraction of sp³-hybridized carbons (Fsp3) is 0.400. The molecule has 2 aromatic carbocycles. The number of anilines is 1. The Bertz CT molecular complexity index is 956. The third-order valence-electron chi connectivity index (χ3n) is 5.63. The normalized spacial score (nSPS) is 11.2. The Balaban J connectivity index is 1.52. The quantitative estimate of drug-likeness (QED) is 0.388. The van der Waals surface area contributed by atoms with Gasteiger partial charge in [-0.2, -0.15) is 0 Å². The van der Waals surface area contributed by atoms with E-state index in [0.717, 1.165) is 54.5 Å². The number of rotatable bonds is 11. The highest BCUT2D eigenvalue weighted by Gasteiger charge is 2.09. The highest BCUT2D eigenvalue weighted by molar-refractivity contribution is 5.91. The number of halogens is 1. The zero-order valence-corrected chi connectivity index (χ0v) is 18.2. The first-order valence-electron chi connectivity index (χ1n) is 10.8. The van der Waals surface area contributed by atoms with Gasteiger partial charge in [-0.05, 0) is 67.6 Å². The molecule has 2 N–H and O–H groups in total. The number of nitrogens with one attached hydrogen (secondary N) is 2. The predicted octanol–water partition coefficient (Wildman–Crippen LogP) is 5.88. The number of aromatic nitrogens is 1. The zero-order valence-electron chi connectivity index (χ0n) is 18.2. The van der Waals surface area contributed by atoms with Crippen molar-refractivity contribution in [2.45, 2.75) is 45.6 Å². The molecular formula is C25H32FN3O. The molecule has 0 fully saturated rings. The number of nitrogens with zero attached hydrogens (tertiary/aromatic N) is 1. The summed E-state index contributed by atoms with van der Waals surface area (Å²) in [6.45, 7) is 6.73. The van der Waals surface area contributed by atoms with E-state index in [1.165, 1.54) is 17.7 Å². The third kappa shape index (κ3) is 5.48. The molecule has 3 aromatic rings. The van der Waals surface area contributed by atoms with Crippen LogP contribution in [0.5, 0.6) is 5.75 Å². The van der Waals surface area contributed by atoms with Crippen molar-refractivity contribution in [3.8, 4) is 5.75 Å². The first-order valence-corrected chi connectivity index (χ1v) is 10.8. The minimum absolute atomic E-state index is 0.244. The average molecular weight is 410 g/mol. The molecule has 0 saturated heterocycles. The molecule has 0 radical (unpaired) electrons. The highest BCUT2D eigenvalue weighted by atomic mass is 19.1. The number of benzene rings is 2. The van der Waals surface area contributed by atoms with Crippen LogP contribution in [-0.4, -0.2) is 25.2 Å². The molecule has 0 spiro atoms. The van der Waals surface area contributed by atoms with E-state index in [9.17, 15) is 4.39 Å². The SMILES string of the molecule is CCC(CC)c1ccc2c(NCCCNCc3cc(F)ccc3OC)ccnc2c1. The Morgan fingerprint density at radius 3 is 2.63 bits per heavy atom. The van der Waals surface area contributed by atoms with Crippen molar-refractivity contribution in [1.82, 2.24) is 10.3 Å². The standard InChI is InChI=1S/C25H32FN3O/c1-4-18(5-2)19-7-9-22-23(11-14-29-24(22)16-19)28-13-6-12-27-17-20-15-21(26)8-10-25(20)30-3/h7-11,14-16,18,27H,4-6,12-13,17H2,1-3H3,(H,28,29). The maximum Gasteiger partial charge on any atom is 0.123 e. The molecule has 5 heteroatoms. The maximum atomic E-state index is 13.4. The predicted molar refractivity (Wildman–Crippen MR) is 123 cm³/mol. The molecule has 0 aliphatic heterocycles. The average Bonchev–Trinajstić information content (AvgIpc) is 2.77. The molecular weight excluding hydrogens is 377 g/mol. The van der Waals surface area contributed by atoms with E-state index in [1.807, 2.05) is 12.3 Å². The fourth-order valence-electron chi connectivity index (χ4n) is 3.88. The molecule has 3 rings (SSSR count). The molecule has 0 amide bonds. The lowest BCUT2D eigenvalue weighted by Gasteiger charge is -2.15. The van der Waals surface area contributed by atoms with Crippen LogP contribution in [0.2, 0.25) is 0 Å². The summed E-state index contributed by atoms with van der Waals surface area (Å²) in [5.41, 5.74) is 4.36. The molecule has 0 atom stereocenters. The van der Waals surface area contributed by atoms with Gasteiger partial charge in [0.2, 0.25) is 0 Å². The Morgan fingerprint density at radius 2 is 1.87 bits per heavy atom. The zero-order chi connectivity index (χ0) is 21.3. The number of hydrogen-bond acceptors (Lipinski definition) is 4. The van der Waals surface area contributed by atoms with Gasteiger partial charge in [0.1, 0.15) is 11.6 Å². The number of hydrogen-bond donors (Lipinski definition) is 2. The summed E-state index contributed by atoms with van der Waals surface area (Å²) in [4.78, 5) is 4.57. The molecule has 0 aliphatic carbocycles. The monoisotopic (exact) mass is 409 g/mol. The second-order valence-electron chi connectivity index (χ2n) is 7.56. The van der Waals surface area contributed by atoms with Crippen molar-refractivity contribution in [2.24, 2.45) is 0 Å². The van der Waals surface area contributed by atoms with E-state index < -0.39 is 0 Å². The molecule has 4 nitrogen and oxygen atoms in total. The number of methoxy groups -OCH3 is 1. The maximum absolute atomic E-state index is 13.4. The second-order valence-corrected chi connectivity index (χ2v) is 7.56. The Hall–Kier alpha value is -2.66. The smallest absolute Gasteiger partial charge is 0.123 e. The van der Waals surface area contributed by atoms with E-state index in [4.69, 9.17) is 4.74 Å². The Kier molecular flexibility index (Phi) is 8.03. The first kappa shape index (κ1) is 22.0.